The maximum absolute atomic E-state index is 13.4. The third kappa shape index (κ3) is 3.52. The second kappa shape index (κ2) is 6.85. The van der Waals surface area contributed by atoms with Gasteiger partial charge < -0.3 is 9.64 Å². The van der Waals surface area contributed by atoms with Gasteiger partial charge in [-0.25, -0.2) is 16.8 Å². The normalized spacial score (nSPS) is 12.0. The summed E-state index contributed by atoms with van der Waals surface area (Å²) in [4.78, 5) is 1.91. The summed E-state index contributed by atoms with van der Waals surface area (Å²) < 4.78 is 46.0. The van der Waals surface area contributed by atoms with Crippen LogP contribution in [-0.4, -0.2) is 44.5 Å². The smallest absolute Gasteiger partial charge is 0.268 e. The second-order valence-corrected chi connectivity index (χ2v) is 7.73. The molecule has 1 aromatic heterocycles. The standard InChI is InChI=1S/C18H19FN2O3S/c1-20(2)11-12-24-18-8-4-7-17-16(18)9-10-21(17)25(22,23)15-6-3-5-14(19)13-15/h3-10,13H,11-12H2,1-2H3. The van der Waals surface area contributed by atoms with Crippen molar-refractivity contribution in [3.05, 3.63) is 60.5 Å². The van der Waals surface area contributed by atoms with E-state index in [9.17, 15) is 12.8 Å². The molecule has 0 bridgehead atoms. The first-order valence-electron chi connectivity index (χ1n) is 7.78. The van der Waals surface area contributed by atoms with Gasteiger partial charge >= 0.3 is 0 Å². The largest absolute Gasteiger partial charge is 0.492 e. The number of nitrogens with zero attached hydrogens (tertiary/aromatic N) is 2. The molecule has 3 aromatic rings. The SMILES string of the molecule is CN(C)CCOc1cccc2c1ccn2S(=O)(=O)c1cccc(F)c1. The molecule has 2 aromatic carbocycles. The number of benzene rings is 2. The molecule has 0 atom stereocenters. The van der Waals surface area contributed by atoms with Crippen LogP contribution in [0.4, 0.5) is 4.39 Å². The van der Waals surface area contributed by atoms with E-state index < -0.39 is 15.8 Å². The molecular formula is C18H19FN2O3S. The first-order chi connectivity index (χ1) is 11.9. The fraction of sp³-hybridized carbons (Fsp3) is 0.222. The zero-order valence-corrected chi connectivity index (χ0v) is 14.8. The molecule has 0 aliphatic carbocycles. The van der Waals surface area contributed by atoms with Gasteiger partial charge in [-0.15, -0.1) is 0 Å². The van der Waals surface area contributed by atoms with Crippen molar-refractivity contribution in [2.75, 3.05) is 27.2 Å². The molecule has 0 aliphatic heterocycles. The quantitative estimate of drug-likeness (QED) is 0.677. The number of aromatic nitrogens is 1. The van der Waals surface area contributed by atoms with E-state index in [4.69, 9.17) is 4.74 Å². The van der Waals surface area contributed by atoms with Gasteiger partial charge in [0.05, 0.1) is 10.4 Å². The van der Waals surface area contributed by atoms with Gasteiger partial charge in [0.2, 0.25) is 0 Å². The van der Waals surface area contributed by atoms with E-state index in [1.54, 1.807) is 24.3 Å². The number of hydrogen-bond donors (Lipinski definition) is 0. The maximum atomic E-state index is 13.4. The molecule has 0 saturated heterocycles. The molecule has 0 saturated carbocycles. The molecule has 7 heteroatoms. The van der Waals surface area contributed by atoms with E-state index in [1.807, 2.05) is 19.0 Å². The van der Waals surface area contributed by atoms with E-state index in [1.165, 1.54) is 24.4 Å². The van der Waals surface area contributed by atoms with Crippen LogP contribution in [0, 0.1) is 5.82 Å². The third-order valence-corrected chi connectivity index (χ3v) is 5.49. The molecule has 0 amide bonds. The highest BCUT2D eigenvalue weighted by molar-refractivity contribution is 7.90. The summed E-state index contributed by atoms with van der Waals surface area (Å²) in [7, 11) is 0.0182. The lowest BCUT2D eigenvalue weighted by Gasteiger charge is -2.12. The predicted octanol–water partition coefficient (Wildman–Crippen LogP) is 2.96. The highest BCUT2D eigenvalue weighted by Crippen LogP contribution is 2.29. The lowest BCUT2D eigenvalue weighted by atomic mass is 10.2. The lowest BCUT2D eigenvalue weighted by Crippen LogP contribution is -2.19. The number of rotatable bonds is 6. The van der Waals surface area contributed by atoms with Crippen molar-refractivity contribution < 1.29 is 17.5 Å². The van der Waals surface area contributed by atoms with Gasteiger partial charge in [0.1, 0.15) is 18.2 Å². The number of ether oxygens (including phenoxy) is 1. The second-order valence-electron chi connectivity index (χ2n) is 5.91. The Bertz CT molecular complexity index is 996. The number of likely N-dealkylation sites (N-methyl/N-ethyl adjacent to an activating group) is 1. The summed E-state index contributed by atoms with van der Waals surface area (Å²) in [5.74, 6) is 0.0257. The minimum absolute atomic E-state index is 0.0936. The predicted molar refractivity (Wildman–Crippen MR) is 95.0 cm³/mol. The Balaban J connectivity index is 2.01. The topological polar surface area (TPSA) is 51.5 Å². The molecule has 5 nitrogen and oxygen atoms in total. The zero-order valence-electron chi connectivity index (χ0n) is 14.0. The van der Waals surface area contributed by atoms with Gasteiger partial charge in [-0.2, -0.15) is 0 Å². The molecular weight excluding hydrogens is 343 g/mol. The number of hydrogen-bond acceptors (Lipinski definition) is 4. The molecule has 0 N–H and O–H groups in total. The van der Waals surface area contributed by atoms with E-state index in [-0.39, 0.29) is 4.90 Å². The van der Waals surface area contributed by atoms with Crippen molar-refractivity contribution in [3.8, 4) is 5.75 Å². The molecule has 1 heterocycles. The van der Waals surface area contributed by atoms with Crippen LogP contribution >= 0.6 is 0 Å². The van der Waals surface area contributed by atoms with Gasteiger partial charge in [0.15, 0.2) is 0 Å². The van der Waals surface area contributed by atoms with Crippen molar-refractivity contribution in [1.82, 2.24) is 8.87 Å². The minimum atomic E-state index is -3.88. The summed E-state index contributed by atoms with van der Waals surface area (Å²) in [6, 6.07) is 11.9. The molecule has 25 heavy (non-hydrogen) atoms. The monoisotopic (exact) mass is 362 g/mol. The highest BCUT2D eigenvalue weighted by atomic mass is 32.2. The maximum Gasteiger partial charge on any atom is 0.268 e. The number of halogens is 1. The van der Waals surface area contributed by atoms with Crippen molar-refractivity contribution in [3.63, 3.8) is 0 Å². The molecule has 0 radical (unpaired) electrons. The molecule has 3 rings (SSSR count). The van der Waals surface area contributed by atoms with E-state index in [0.717, 1.165) is 16.6 Å². The van der Waals surface area contributed by atoms with Crippen molar-refractivity contribution in [2.45, 2.75) is 4.90 Å². The van der Waals surface area contributed by atoms with E-state index in [0.29, 0.717) is 23.3 Å². The first kappa shape index (κ1) is 17.4. The van der Waals surface area contributed by atoms with Gasteiger partial charge in [0, 0.05) is 18.1 Å². The molecule has 0 aliphatic rings. The molecule has 0 fully saturated rings. The van der Waals surface area contributed by atoms with Crippen LogP contribution in [0.25, 0.3) is 10.9 Å². The highest BCUT2D eigenvalue weighted by Gasteiger charge is 2.20. The fourth-order valence-corrected chi connectivity index (χ4v) is 3.91. The Labute approximate surface area is 146 Å². The van der Waals surface area contributed by atoms with Crippen LogP contribution in [0.1, 0.15) is 0 Å². The van der Waals surface area contributed by atoms with Crippen LogP contribution in [-0.2, 0) is 10.0 Å². The van der Waals surface area contributed by atoms with Crippen LogP contribution < -0.4 is 4.74 Å². The lowest BCUT2D eigenvalue weighted by molar-refractivity contribution is 0.263. The summed E-state index contributed by atoms with van der Waals surface area (Å²) in [5, 5.41) is 0.696. The minimum Gasteiger partial charge on any atom is -0.492 e. The Morgan fingerprint density at radius 3 is 2.60 bits per heavy atom. The van der Waals surface area contributed by atoms with Gasteiger partial charge in [-0.3, -0.25) is 0 Å². The Hall–Kier alpha value is -2.38. The molecule has 132 valence electrons. The van der Waals surface area contributed by atoms with Crippen LogP contribution in [0.5, 0.6) is 5.75 Å². The van der Waals surface area contributed by atoms with Gasteiger partial charge in [-0.05, 0) is 50.5 Å². The molecule has 0 unspecified atom stereocenters. The van der Waals surface area contributed by atoms with Crippen LogP contribution in [0.15, 0.2) is 59.6 Å². The Kier molecular flexibility index (Phi) is 4.78. The summed E-state index contributed by atoms with van der Waals surface area (Å²) in [5.41, 5.74) is 0.492. The van der Waals surface area contributed by atoms with Gasteiger partial charge in [-0.1, -0.05) is 12.1 Å². The first-order valence-corrected chi connectivity index (χ1v) is 9.22. The fourth-order valence-electron chi connectivity index (χ4n) is 2.53. The Morgan fingerprint density at radius 2 is 1.88 bits per heavy atom. The van der Waals surface area contributed by atoms with Crippen molar-refractivity contribution in [2.24, 2.45) is 0 Å². The summed E-state index contributed by atoms with van der Waals surface area (Å²) in [6.45, 7) is 1.24. The van der Waals surface area contributed by atoms with Crippen molar-refractivity contribution in [1.29, 1.82) is 0 Å². The number of fused-ring (bicyclic) bond motifs is 1. The van der Waals surface area contributed by atoms with Crippen LogP contribution in [0.3, 0.4) is 0 Å². The summed E-state index contributed by atoms with van der Waals surface area (Å²) >= 11 is 0. The summed E-state index contributed by atoms with van der Waals surface area (Å²) in [6.07, 6.45) is 1.46. The zero-order chi connectivity index (χ0) is 18.0. The average molecular weight is 362 g/mol. The van der Waals surface area contributed by atoms with Crippen molar-refractivity contribution >= 4 is 20.9 Å². The Morgan fingerprint density at radius 1 is 1.12 bits per heavy atom. The third-order valence-electron chi connectivity index (χ3n) is 3.81. The average Bonchev–Trinajstić information content (AvgIpc) is 3.00. The van der Waals surface area contributed by atoms with Crippen LogP contribution in [0.2, 0.25) is 0 Å². The van der Waals surface area contributed by atoms with Gasteiger partial charge in [0.25, 0.3) is 10.0 Å². The van der Waals surface area contributed by atoms with E-state index in [2.05, 4.69) is 0 Å². The molecule has 0 spiro atoms. The van der Waals surface area contributed by atoms with E-state index >= 15 is 0 Å².